The Morgan fingerprint density at radius 3 is 2.75 bits per heavy atom. The van der Waals surface area contributed by atoms with Crippen LogP contribution in [0.15, 0.2) is 35.6 Å². The third-order valence-electron chi connectivity index (χ3n) is 4.25. The maximum atomic E-state index is 6.05. The van der Waals surface area contributed by atoms with Crippen LogP contribution in [0.5, 0.6) is 0 Å². The molecule has 1 aromatic heterocycles. The minimum atomic E-state index is 0. The molecule has 0 saturated heterocycles. The second kappa shape index (κ2) is 9.61. The molecule has 1 aliphatic rings. The highest BCUT2D eigenvalue weighted by Gasteiger charge is 2.12. The maximum absolute atomic E-state index is 6.05. The van der Waals surface area contributed by atoms with Gasteiger partial charge in [-0.15, -0.1) is 24.0 Å². The van der Waals surface area contributed by atoms with E-state index in [1.165, 1.54) is 44.9 Å². The lowest BCUT2D eigenvalue weighted by atomic mass is 10.1. The van der Waals surface area contributed by atoms with Gasteiger partial charge in [-0.1, -0.05) is 43.9 Å². The molecule has 24 heavy (non-hydrogen) atoms. The molecule has 1 aliphatic carbocycles. The predicted molar refractivity (Wildman–Crippen MR) is 107 cm³/mol. The van der Waals surface area contributed by atoms with Crippen molar-refractivity contribution in [1.82, 2.24) is 20.5 Å². The molecule has 0 atom stereocenters. The molecule has 0 amide bonds. The lowest BCUT2D eigenvalue weighted by molar-refractivity contribution is 0.530. The first-order valence-corrected chi connectivity index (χ1v) is 8.32. The van der Waals surface area contributed by atoms with Gasteiger partial charge in [-0.05, 0) is 24.5 Å². The Labute approximate surface area is 159 Å². The monoisotopic (exact) mass is 440 g/mol. The van der Waals surface area contributed by atoms with Gasteiger partial charge < -0.3 is 11.1 Å². The first-order valence-electron chi connectivity index (χ1n) is 8.32. The van der Waals surface area contributed by atoms with Crippen molar-refractivity contribution in [2.24, 2.45) is 10.7 Å². The smallest absolute Gasteiger partial charge is 0.189 e. The van der Waals surface area contributed by atoms with E-state index in [2.05, 4.69) is 31.6 Å². The van der Waals surface area contributed by atoms with Crippen LogP contribution in [0.25, 0.3) is 11.4 Å². The van der Waals surface area contributed by atoms with Crippen molar-refractivity contribution in [1.29, 1.82) is 0 Å². The van der Waals surface area contributed by atoms with E-state index in [1.807, 2.05) is 18.2 Å². The van der Waals surface area contributed by atoms with Gasteiger partial charge in [-0.25, -0.2) is 9.98 Å². The van der Waals surface area contributed by atoms with Crippen LogP contribution in [-0.2, 0) is 6.54 Å². The summed E-state index contributed by atoms with van der Waals surface area (Å²) < 4.78 is 0. The Morgan fingerprint density at radius 2 is 2.04 bits per heavy atom. The Hall–Kier alpha value is -1.64. The van der Waals surface area contributed by atoms with Gasteiger partial charge in [0.2, 0.25) is 0 Å². The molecule has 1 saturated carbocycles. The Kier molecular flexibility index (Phi) is 7.48. The van der Waals surface area contributed by atoms with Crippen LogP contribution in [0.4, 0.5) is 0 Å². The van der Waals surface area contributed by atoms with E-state index in [0.717, 1.165) is 17.0 Å². The number of guanidine groups is 1. The number of rotatable bonds is 4. The van der Waals surface area contributed by atoms with E-state index in [9.17, 15) is 0 Å². The summed E-state index contributed by atoms with van der Waals surface area (Å²) >= 11 is 0. The minimum absolute atomic E-state index is 0. The van der Waals surface area contributed by atoms with Gasteiger partial charge in [0.1, 0.15) is 6.33 Å². The topological polar surface area (TPSA) is 92.0 Å². The van der Waals surface area contributed by atoms with Crippen LogP contribution in [0, 0.1) is 0 Å². The van der Waals surface area contributed by atoms with Crippen molar-refractivity contribution in [3.05, 3.63) is 36.2 Å². The van der Waals surface area contributed by atoms with Crippen molar-refractivity contribution in [2.75, 3.05) is 0 Å². The van der Waals surface area contributed by atoms with Crippen LogP contribution in [0.3, 0.4) is 0 Å². The normalized spacial score (nSPS) is 16.2. The highest BCUT2D eigenvalue weighted by Crippen LogP contribution is 2.17. The van der Waals surface area contributed by atoms with Crippen LogP contribution < -0.4 is 11.1 Å². The summed E-state index contributed by atoms with van der Waals surface area (Å²) in [5.74, 6) is 1.31. The maximum Gasteiger partial charge on any atom is 0.189 e. The molecule has 6 nitrogen and oxygen atoms in total. The van der Waals surface area contributed by atoms with Gasteiger partial charge >= 0.3 is 0 Å². The number of benzene rings is 1. The van der Waals surface area contributed by atoms with Gasteiger partial charge in [0, 0.05) is 11.6 Å². The van der Waals surface area contributed by atoms with Gasteiger partial charge in [-0.3, -0.25) is 5.10 Å². The van der Waals surface area contributed by atoms with Crippen molar-refractivity contribution >= 4 is 29.9 Å². The van der Waals surface area contributed by atoms with Crippen molar-refractivity contribution in [3.63, 3.8) is 0 Å². The predicted octanol–water partition coefficient (Wildman–Crippen LogP) is 3.22. The summed E-state index contributed by atoms with van der Waals surface area (Å²) in [4.78, 5) is 8.65. The Morgan fingerprint density at radius 1 is 1.25 bits per heavy atom. The fourth-order valence-corrected chi connectivity index (χ4v) is 3.02. The molecule has 0 spiro atoms. The third-order valence-corrected chi connectivity index (χ3v) is 4.25. The second-order valence-corrected chi connectivity index (χ2v) is 6.07. The largest absolute Gasteiger partial charge is 0.370 e. The fourth-order valence-electron chi connectivity index (χ4n) is 3.02. The van der Waals surface area contributed by atoms with Crippen LogP contribution in [-0.4, -0.2) is 27.2 Å². The molecule has 130 valence electrons. The molecule has 0 radical (unpaired) electrons. The number of aromatic nitrogens is 3. The standard InChI is InChI=1S/C17H24N6.HI/c18-17(22-15-8-3-1-2-4-9-15)19-11-13-6-5-7-14(10-13)16-20-12-21-23-16;/h5-7,10,12,15H,1-4,8-9,11H2,(H3,18,19,22)(H,20,21,23);1H. The lowest BCUT2D eigenvalue weighted by Crippen LogP contribution is -2.39. The number of H-pyrrole nitrogens is 1. The molecule has 3 rings (SSSR count). The number of nitrogens with two attached hydrogens (primary N) is 1. The Bertz CT molecular complexity index is 632. The SMILES string of the molecule is I.NC(=NCc1cccc(-c2ncn[nH]2)c1)NC1CCCCCC1. The number of nitrogens with zero attached hydrogens (tertiary/aromatic N) is 3. The van der Waals surface area contributed by atoms with Gasteiger partial charge in [-0.2, -0.15) is 5.10 Å². The molecule has 1 heterocycles. The van der Waals surface area contributed by atoms with Crippen molar-refractivity contribution in [3.8, 4) is 11.4 Å². The highest BCUT2D eigenvalue weighted by atomic mass is 127. The second-order valence-electron chi connectivity index (χ2n) is 6.07. The van der Waals surface area contributed by atoms with E-state index in [-0.39, 0.29) is 24.0 Å². The van der Waals surface area contributed by atoms with E-state index in [1.54, 1.807) is 0 Å². The molecule has 0 bridgehead atoms. The fraction of sp³-hybridized carbons (Fsp3) is 0.471. The summed E-state index contributed by atoms with van der Waals surface area (Å²) in [5, 5.41) is 10.1. The molecule has 0 unspecified atom stereocenters. The number of aliphatic imine (C=N–C) groups is 1. The number of halogens is 1. The van der Waals surface area contributed by atoms with Crippen LogP contribution >= 0.6 is 24.0 Å². The van der Waals surface area contributed by atoms with E-state index in [0.29, 0.717) is 18.5 Å². The molecule has 7 heteroatoms. The average Bonchev–Trinajstić information content (AvgIpc) is 2.99. The summed E-state index contributed by atoms with van der Waals surface area (Å²) in [7, 11) is 0. The minimum Gasteiger partial charge on any atom is -0.370 e. The quantitative estimate of drug-likeness (QED) is 0.295. The molecular formula is C17H25IN6. The summed E-state index contributed by atoms with van der Waals surface area (Å²) in [6.45, 7) is 0.563. The number of aromatic amines is 1. The third kappa shape index (κ3) is 5.47. The molecule has 2 aromatic rings. The van der Waals surface area contributed by atoms with E-state index >= 15 is 0 Å². The summed E-state index contributed by atoms with van der Waals surface area (Å²) in [5.41, 5.74) is 8.15. The number of hydrogen-bond donors (Lipinski definition) is 3. The van der Waals surface area contributed by atoms with Crippen molar-refractivity contribution < 1.29 is 0 Å². The van der Waals surface area contributed by atoms with Gasteiger partial charge in [0.05, 0.1) is 6.54 Å². The molecule has 1 aromatic carbocycles. The van der Waals surface area contributed by atoms with Crippen LogP contribution in [0.2, 0.25) is 0 Å². The first kappa shape index (κ1) is 18.7. The summed E-state index contributed by atoms with van der Waals surface area (Å²) in [6.07, 6.45) is 9.13. The molecular weight excluding hydrogens is 415 g/mol. The number of hydrogen-bond acceptors (Lipinski definition) is 3. The Balaban J connectivity index is 0.00000208. The number of nitrogens with one attached hydrogen (secondary N) is 2. The van der Waals surface area contributed by atoms with Gasteiger partial charge in [0.25, 0.3) is 0 Å². The van der Waals surface area contributed by atoms with Crippen LogP contribution in [0.1, 0.15) is 44.1 Å². The molecule has 0 aliphatic heterocycles. The van der Waals surface area contributed by atoms with E-state index in [4.69, 9.17) is 5.73 Å². The average molecular weight is 440 g/mol. The zero-order chi connectivity index (χ0) is 15.9. The summed E-state index contributed by atoms with van der Waals surface area (Å²) in [6, 6.07) is 8.57. The zero-order valence-electron chi connectivity index (χ0n) is 13.7. The highest BCUT2D eigenvalue weighted by molar-refractivity contribution is 14.0. The zero-order valence-corrected chi connectivity index (χ0v) is 16.1. The lowest BCUT2D eigenvalue weighted by Gasteiger charge is -2.16. The first-order chi connectivity index (χ1) is 11.3. The van der Waals surface area contributed by atoms with E-state index < -0.39 is 0 Å². The van der Waals surface area contributed by atoms with Crippen molar-refractivity contribution in [2.45, 2.75) is 51.1 Å². The van der Waals surface area contributed by atoms with Gasteiger partial charge in [0.15, 0.2) is 11.8 Å². The molecule has 4 N–H and O–H groups in total. The molecule has 1 fully saturated rings.